The molecule has 1 N–H and O–H groups in total. The number of nitrogens with zero attached hydrogens (tertiary/aromatic N) is 1. The summed E-state index contributed by atoms with van der Waals surface area (Å²) in [5, 5.41) is 3.47. The summed E-state index contributed by atoms with van der Waals surface area (Å²) >= 11 is 0. The minimum Gasteiger partial charge on any atom is -0.495 e. The molecule has 1 aliphatic heterocycles. The molecular formula is C15H24N2O. The highest BCUT2D eigenvalue weighted by Crippen LogP contribution is 2.35. The summed E-state index contributed by atoms with van der Waals surface area (Å²) in [4.78, 5) is 2.47. The van der Waals surface area contributed by atoms with Crippen LogP contribution in [0.25, 0.3) is 0 Å². The lowest BCUT2D eigenvalue weighted by Crippen LogP contribution is -2.44. The van der Waals surface area contributed by atoms with Gasteiger partial charge in [-0.15, -0.1) is 0 Å². The van der Waals surface area contributed by atoms with Crippen LogP contribution in [0.1, 0.15) is 25.8 Å². The summed E-state index contributed by atoms with van der Waals surface area (Å²) in [6.45, 7) is 9.88. The van der Waals surface area contributed by atoms with Crippen LogP contribution in [-0.2, 0) is 0 Å². The molecule has 2 rings (SSSR count). The Kier molecular flexibility index (Phi) is 3.81. The van der Waals surface area contributed by atoms with Gasteiger partial charge in [0.15, 0.2) is 0 Å². The summed E-state index contributed by atoms with van der Waals surface area (Å²) in [7, 11) is 1.75. The molecule has 0 amide bonds. The van der Waals surface area contributed by atoms with Crippen LogP contribution in [0.3, 0.4) is 0 Å². The standard InChI is InChI=1S/C15H24N2O/c1-12-5-6-14(18-4)13(11-12)17-10-9-16-8-7-15(17,2)3/h5-6,11,16H,7-10H2,1-4H3. The lowest BCUT2D eigenvalue weighted by molar-refractivity contribution is 0.402. The van der Waals surface area contributed by atoms with Crippen LogP contribution in [0.15, 0.2) is 18.2 Å². The van der Waals surface area contributed by atoms with E-state index in [-0.39, 0.29) is 5.54 Å². The van der Waals surface area contributed by atoms with Gasteiger partial charge in [-0.3, -0.25) is 0 Å². The molecule has 0 aromatic heterocycles. The van der Waals surface area contributed by atoms with E-state index < -0.39 is 0 Å². The number of nitrogens with one attached hydrogen (secondary N) is 1. The van der Waals surface area contributed by atoms with Gasteiger partial charge in [-0.25, -0.2) is 0 Å². The highest BCUT2D eigenvalue weighted by molar-refractivity contribution is 5.61. The molecule has 1 heterocycles. The van der Waals surface area contributed by atoms with Gasteiger partial charge in [-0.05, 0) is 51.4 Å². The van der Waals surface area contributed by atoms with E-state index in [9.17, 15) is 0 Å². The van der Waals surface area contributed by atoms with Crippen molar-refractivity contribution < 1.29 is 4.74 Å². The van der Waals surface area contributed by atoms with Crippen molar-refractivity contribution in [2.45, 2.75) is 32.7 Å². The highest BCUT2D eigenvalue weighted by atomic mass is 16.5. The molecule has 0 aliphatic carbocycles. The third-order valence-corrected chi connectivity index (χ3v) is 3.78. The zero-order valence-electron chi connectivity index (χ0n) is 11.9. The van der Waals surface area contributed by atoms with Crippen molar-refractivity contribution in [1.82, 2.24) is 5.32 Å². The average molecular weight is 248 g/mol. The van der Waals surface area contributed by atoms with Crippen molar-refractivity contribution in [3.8, 4) is 5.75 Å². The molecule has 100 valence electrons. The molecule has 1 saturated heterocycles. The van der Waals surface area contributed by atoms with E-state index in [1.54, 1.807) is 7.11 Å². The summed E-state index contributed by atoms with van der Waals surface area (Å²) in [5.41, 5.74) is 2.65. The average Bonchev–Trinajstić information content (AvgIpc) is 2.50. The van der Waals surface area contributed by atoms with E-state index >= 15 is 0 Å². The normalized spacial score (nSPS) is 19.4. The van der Waals surface area contributed by atoms with Crippen molar-refractivity contribution in [1.29, 1.82) is 0 Å². The van der Waals surface area contributed by atoms with Crippen LogP contribution in [0.4, 0.5) is 5.69 Å². The molecule has 0 unspecified atom stereocenters. The van der Waals surface area contributed by atoms with Crippen molar-refractivity contribution in [3.63, 3.8) is 0 Å². The smallest absolute Gasteiger partial charge is 0.142 e. The second-order valence-electron chi connectivity index (χ2n) is 5.64. The molecule has 0 radical (unpaired) electrons. The lowest BCUT2D eigenvalue weighted by Gasteiger charge is -2.39. The number of hydrogen-bond donors (Lipinski definition) is 1. The first kappa shape index (κ1) is 13.2. The van der Waals surface area contributed by atoms with Crippen LogP contribution in [0.2, 0.25) is 0 Å². The summed E-state index contributed by atoms with van der Waals surface area (Å²) in [6.07, 6.45) is 1.14. The fourth-order valence-corrected chi connectivity index (χ4v) is 2.61. The van der Waals surface area contributed by atoms with Gasteiger partial charge < -0.3 is 15.0 Å². The first-order valence-corrected chi connectivity index (χ1v) is 6.67. The fourth-order valence-electron chi connectivity index (χ4n) is 2.61. The van der Waals surface area contributed by atoms with Gasteiger partial charge in [0, 0.05) is 18.6 Å². The molecule has 0 spiro atoms. The molecule has 0 atom stereocenters. The molecular weight excluding hydrogens is 224 g/mol. The van der Waals surface area contributed by atoms with Gasteiger partial charge in [-0.1, -0.05) is 6.07 Å². The van der Waals surface area contributed by atoms with Crippen molar-refractivity contribution in [3.05, 3.63) is 23.8 Å². The maximum absolute atomic E-state index is 5.53. The molecule has 1 aliphatic rings. The Morgan fingerprint density at radius 2 is 2.06 bits per heavy atom. The number of methoxy groups -OCH3 is 1. The number of benzene rings is 1. The number of rotatable bonds is 2. The molecule has 3 nitrogen and oxygen atoms in total. The highest BCUT2D eigenvalue weighted by Gasteiger charge is 2.30. The van der Waals surface area contributed by atoms with Gasteiger partial charge in [-0.2, -0.15) is 0 Å². The molecule has 18 heavy (non-hydrogen) atoms. The van der Waals surface area contributed by atoms with E-state index in [0.717, 1.165) is 31.8 Å². The Morgan fingerprint density at radius 1 is 1.28 bits per heavy atom. The SMILES string of the molecule is COc1ccc(C)cc1N1CCNCCC1(C)C. The van der Waals surface area contributed by atoms with E-state index in [0.29, 0.717) is 0 Å². The second-order valence-corrected chi connectivity index (χ2v) is 5.64. The van der Waals surface area contributed by atoms with E-state index in [1.165, 1.54) is 11.3 Å². The Morgan fingerprint density at radius 3 is 2.78 bits per heavy atom. The van der Waals surface area contributed by atoms with Crippen molar-refractivity contribution in [2.75, 3.05) is 31.6 Å². The van der Waals surface area contributed by atoms with Crippen LogP contribution in [0.5, 0.6) is 5.75 Å². The lowest BCUT2D eigenvalue weighted by atomic mass is 9.97. The minimum absolute atomic E-state index is 0.157. The zero-order chi connectivity index (χ0) is 13.2. The molecule has 1 fully saturated rings. The third-order valence-electron chi connectivity index (χ3n) is 3.78. The van der Waals surface area contributed by atoms with Crippen LogP contribution in [0, 0.1) is 6.92 Å². The number of hydrogen-bond acceptors (Lipinski definition) is 3. The maximum atomic E-state index is 5.53. The van der Waals surface area contributed by atoms with E-state index in [1.807, 2.05) is 0 Å². The maximum Gasteiger partial charge on any atom is 0.142 e. The minimum atomic E-state index is 0.157. The zero-order valence-corrected chi connectivity index (χ0v) is 11.9. The molecule has 0 saturated carbocycles. The van der Waals surface area contributed by atoms with Crippen molar-refractivity contribution in [2.24, 2.45) is 0 Å². The van der Waals surface area contributed by atoms with E-state index in [2.05, 4.69) is 49.2 Å². The fraction of sp³-hybridized carbons (Fsp3) is 0.600. The molecule has 0 bridgehead atoms. The monoisotopic (exact) mass is 248 g/mol. The van der Waals surface area contributed by atoms with E-state index in [4.69, 9.17) is 4.74 Å². The Bertz CT molecular complexity index is 415. The molecule has 1 aromatic rings. The summed E-state index contributed by atoms with van der Waals surface area (Å²) < 4.78 is 5.53. The summed E-state index contributed by atoms with van der Waals surface area (Å²) in [5.74, 6) is 0.968. The van der Waals surface area contributed by atoms with Gasteiger partial charge in [0.05, 0.1) is 12.8 Å². The quantitative estimate of drug-likeness (QED) is 0.870. The molecule has 3 heteroatoms. The predicted molar refractivity (Wildman–Crippen MR) is 76.6 cm³/mol. The van der Waals surface area contributed by atoms with Gasteiger partial charge in [0.1, 0.15) is 5.75 Å². The topological polar surface area (TPSA) is 24.5 Å². The van der Waals surface area contributed by atoms with Crippen LogP contribution < -0.4 is 15.0 Å². The van der Waals surface area contributed by atoms with Crippen LogP contribution >= 0.6 is 0 Å². The van der Waals surface area contributed by atoms with Gasteiger partial charge in [0.2, 0.25) is 0 Å². The van der Waals surface area contributed by atoms with Crippen molar-refractivity contribution >= 4 is 5.69 Å². The predicted octanol–water partition coefficient (Wildman–Crippen LogP) is 2.58. The first-order valence-electron chi connectivity index (χ1n) is 6.67. The Labute approximate surface area is 110 Å². The Balaban J connectivity index is 2.41. The van der Waals surface area contributed by atoms with Crippen LogP contribution in [-0.4, -0.2) is 32.3 Å². The van der Waals surface area contributed by atoms with Gasteiger partial charge >= 0.3 is 0 Å². The second kappa shape index (κ2) is 5.19. The number of aryl methyl sites for hydroxylation is 1. The largest absolute Gasteiger partial charge is 0.495 e. The third kappa shape index (κ3) is 2.61. The van der Waals surface area contributed by atoms with Gasteiger partial charge in [0.25, 0.3) is 0 Å². The molecule has 1 aromatic carbocycles. The summed E-state index contributed by atoms with van der Waals surface area (Å²) in [6, 6.07) is 6.40. The number of ether oxygens (including phenoxy) is 1. The first-order chi connectivity index (χ1) is 8.54. The Hall–Kier alpha value is -1.22. The number of anilines is 1.